The number of anilines is 1. The topological polar surface area (TPSA) is 46.9 Å². The second-order valence-electron chi connectivity index (χ2n) is 6.62. The van der Waals surface area contributed by atoms with Gasteiger partial charge in [0.25, 0.3) is 5.91 Å². The van der Waals surface area contributed by atoms with Crippen LogP contribution < -0.4 is 5.32 Å². The van der Waals surface area contributed by atoms with Crippen LogP contribution in [0.1, 0.15) is 42.4 Å². The molecular weight excluding hydrogens is 293 g/mol. The molecule has 0 unspecified atom stereocenters. The zero-order valence-electron chi connectivity index (χ0n) is 14.1. The van der Waals surface area contributed by atoms with E-state index in [1.807, 2.05) is 24.3 Å². The molecule has 0 saturated heterocycles. The number of allylic oxidation sites excluding steroid dienone is 1. The summed E-state index contributed by atoms with van der Waals surface area (Å²) in [5, 5.41) is 6.71. The third-order valence-electron chi connectivity index (χ3n) is 3.35. The summed E-state index contributed by atoms with van der Waals surface area (Å²) in [6.07, 6.45) is 4.02. The molecule has 0 aliphatic rings. The number of hydrogen-bond acceptors (Lipinski definition) is 2. The zero-order chi connectivity index (χ0) is 17.2. The second-order valence-corrected chi connectivity index (χ2v) is 6.62. The van der Waals surface area contributed by atoms with Crippen LogP contribution >= 0.6 is 0 Å². The van der Waals surface area contributed by atoms with E-state index in [2.05, 4.69) is 37.3 Å². The van der Waals surface area contributed by atoms with E-state index >= 15 is 0 Å². The van der Waals surface area contributed by atoms with E-state index in [1.54, 1.807) is 13.0 Å². The number of hydrogen-bond donors (Lipinski definition) is 1. The van der Waals surface area contributed by atoms with Gasteiger partial charge in [-0.2, -0.15) is 9.49 Å². The standard InChI is InChI=1S/C18H22FN3O/c1-12-15(16(19)22(5)21-12)17(23)20-14-9-7-6-8-13(14)10-11-18(2,3)4/h6-11H,1-5H3,(H,20,23). The molecule has 0 atom stereocenters. The van der Waals surface area contributed by atoms with Crippen LogP contribution in [0.5, 0.6) is 0 Å². The summed E-state index contributed by atoms with van der Waals surface area (Å²) in [7, 11) is 1.47. The first-order valence-electron chi connectivity index (χ1n) is 7.48. The van der Waals surface area contributed by atoms with Crippen molar-refractivity contribution in [3.63, 3.8) is 0 Å². The SMILES string of the molecule is Cc1nn(C)c(F)c1C(=O)Nc1ccccc1C=CC(C)(C)C. The summed E-state index contributed by atoms with van der Waals surface area (Å²) >= 11 is 0. The summed E-state index contributed by atoms with van der Waals surface area (Å²) < 4.78 is 15.1. The van der Waals surface area contributed by atoms with Gasteiger partial charge in [0.1, 0.15) is 5.56 Å². The van der Waals surface area contributed by atoms with Gasteiger partial charge < -0.3 is 5.32 Å². The van der Waals surface area contributed by atoms with Gasteiger partial charge in [0.05, 0.1) is 5.69 Å². The molecule has 0 spiro atoms. The highest BCUT2D eigenvalue weighted by Crippen LogP contribution is 2.23. The maximum absolute atomic E-state index is 14.0. The van der Waals surface area contributed by atoms with E-state index in [9.17, 15) is 9.18 Å². The summed E-state index contributed by atoms with van der Waals surface area (Å²) in [6.45, 7) is 7.90. The highest BCUT2D eigenvalue weighted by Gasteiger charge is 2.21. The number of para-hydroxylation sites is 1. The first-order chi connectivity index (χ1) is 10.7. The normalized spacial score (nSPS) is 11.9. The molecular formula is C18H22FN3O. The van der Waals surface area contributed by atoms with E-state index in [4.69, 9.17) is 0 Å². The number of carbonyl (C=O) groups is 1. The van der Waals surface area contributed by atoms with Gasteiger partial charge in [0.2, 0.25) is 5.95 Å². The Balaban J connectivity index is 2.30. The molecule has 1 aromatic carbocycles. The molecule has 1 heterocycles. The van der Waals surface area contributed by atoms with Crippen LogP contribution in [0.15, 0.2) is 30.3 Å². The third kappa shape index (κ3) is 4.06. The van der Waals surface area contributed by atoms with Gasteiger partial charge in [0, 0.05) is 12.7 Å². The lowest BCUT2D eigenvalue weighted by molar-refractivity contribution is 0.102. The molecule has 1 amide bonds. The molecule has 1 aromatic heterocycles. The minimum absolute atomic E-state index is 0.0258. The van der Waals surface area contributed by atoms with Gasteiger partial charge in [-0.25, -0.2) is 4.68 Å². The minimum Gasteiger partial charge on any atom is -0.321 e. The molecule has 122 valence electrons. The number of benzene rings is 1. The second kappa shape index (κ2) is 6.36. The monoisotopic (exact) mass is 315 g/mol. The lowest BCUT2D eigenvalue weighted by Crippen LogP contribution is -2.15. The van der Waals surface area contributed by atoms with Crippen LogP contribution in [0, 0.1) is 18.3 Å². The van der Waals surface area contributed by atoms with Crippen molar-refractivity contribution in [3.8, 4) is 0 Å². The van der Waals surface area contributed by atoms with Crippen molar-refractivity contribution < 1.29 is 9.18 Å². The van der Waals surface area contributed by atoms with E-state index in [0.717, 1.165) is 10.2 Å². The zero-order valence-corrected chi connectivity index (χ0v) is 14.1. The van der Waals surface area contributed by atoms with E-state index in [-0.39, 0.29) is 11.0 Å². The van der Waals surface area contributed by atoms with E-state index < -0.39 is 11.9 Å². The molecule has 0 aliphatic carbocycles. The van der Waals surface area contributed by atoms with E-state index in [0.29, 0.717) is 11.4 Å². The predicted molar refractivity (Wildman–Crippen MR) is 90.8 cm³/mol. The molecule has 1 N–H and O–H groups in total. The number of rotatable bonds is 3. The Morgan fingerprint density at radius 3 is 2.52 bits per heavy atom. The lowest BCUT2D eigenvalue weighted by atomic mass is 9.95. The lowest BCUT2D eigenvalue weighted by Gasteiger charge is -2.13. The van der Waals surface area contributed by atoms with Crippen LogP contribution in [0.3, 0.4) is 0 Å². The van der Waals surface area contributed by atoms with Crippen molar-refractivity contribution in [2.75, 3.05) is 5.32 Å². The summed E-state index contributed by atoms with van der Waals surface area (Å²) in [5.41, 5.74) is 1.88. The van der Waals surface area contributed by atoms with Crippen molar-refractivity contribution in [2.45, 2.75) is 27.7 Å². The molecule has 0 saturated carbocycles. The fourth-order valence-electron chi connectivity index (χ4n) is 2.17. The maximum Gasteiger partial charge on any atom is 0.262 e. The summed E-state index contributed by atoms with van der Waals surface area (Å²) in [6, 6.07) is 7.43. The Morgan fingerprint density at radius 2 is 1.96 bits per heavy atom. The van der Waals surface area contributed by atoms with Crippen molar-refractivity contribution in [1.82, 2.24) is 9.78 Å². The maximum atomic E-state index is 14.0. The third-order valence-corrected chi connectivity index (χ3v) is 3.35. The first-order valence-corrected chi connectivity index (χ1v) is 7.48. The van der Waals surface area contributed by atoms with Gasteiger partial charge in [-0.1, -0.05) is 51.1 Å². The van der Waals surface area contributed by atoms with E-state index in [1.165, 1.54) is 7.05 Å². The van der Waals surface area contributed by atoms with Crippen LogP contribution in [0.25, 0.3) is 6.08 Å². The van der Waals surface area contributed by atoms with Gasteiger partial charge in [-0.05, 0) is 24.0 Å². The summed E-state index contributed by atoms with van der Waals surface area (Å²) in [5.74, 6) is -1.13. The van der Waals surface area contributed by atoms with Crippen LogP contribution in [-0.4, -0.2) is 15.7 Å². The number of carbonyl (C=O) groups excluding carboxylic acids is 1. The highest BCUT2D eigenvalue weighted by molar-refractivity contribution is 6.06. The Labute approximate surface area is 136 Å². The van der Waals surface area contributed by atoms with Crippen molar-refractivity contribution in [2.24, 2.45) is 12.5 Å². The summed E-state index contributed by atoms with van der Waals surface area (Å²) in [4.78, 5) is 12.4. The average Bonchev–Trinajstić information content (AvgIpc) is 2.70. The Kier molecular flexibility index (Phi) is 4.68. The smallest absolute Gasteiger partial charge is 0.262 e. The minimum atomic E-state index is -0.636. The first kappa shape index (κ1) is 16.9. The predicted octanol–water partition coefficient (Wildman–Crippen LogP) is 4.18. The van der Waals surface area contributed by atoms with Crippen LogP contribution in [0.4, 0.5) is 10.1 Å². The molecule has 4 nitrogen and oxygen atoms in total. The fraction of sp³-hybridized carbons (Fsp3) is 0.333. The Morgan fingerprint density at radius 1 is 1.30 bits per heavy atom. The van der Waals surface area contributed by atoms with Gasteiger partial charge in [-0.3, -0.25) is 4.79 Å². The van der Waals surface area contributed by atoms with Crippen LogP contribution in [-0.2, 0) is 7.05 Å². The number of aromatic nitrogens is 2. The number of halogens is 1. The molecule has 0 aliphatic heterocycles. The number of amides is 1. The highest BCUT2D eigenvalue weighted by atomic mass is 19.1. The quantitative estimate of drug-likeness (QED) is 0.923. The molecule has 2 aromatic rings. The van der Waals surface area contributed by atoms with Gasteiger partial charge in [-0.15, -0.1) is 0 Å². The number of aryl methyl sites for hydroxylation is 2. The van der Waals surface area contributed by atoms with Crippen molar-refractivity contribution >= 4 is 17.7 Å². The Bertz CT molecular complexity index is 754. The number of nitrogens with one attached hydrogen (secondary N) is 1. The molecule has 23 heavy (non-hydrogen) atoms. The molecule has 2 rings (SSSR count). The average molecular weight is 315 g/mol. The largest absolute Gasteiger partial charge is 0.321 e. The van der Waals surface area contributed by atoms with Crippen molar-refractivity contribution in [1.29, 1.82) is 0 Å². The number of nitrogens with zero attached hydrogens (tertiary/aromatic N) is 2. The molecule has 5 heteroatoms. The van der Waals surface area contributed by atoms with Crippen molar-refractivity contribution in [3.05, 3.63) is 53.1 Å². The molecule has 0 fully saturated rings. The Hall–Kier alpha value is -2.43. The van der Waals surface area contributed by atoms with Gasteiger partial charge in [0.15, 0.2) is 0 Å². The fourth-order valence-corrected chi connectivity index (χ4v) is 2.17. The molecule has 0 radical (unpaired) electrons. The molecule has 0 bridgehead atoms. The van der Waals surface area contributed by atoms with Crippen LogP contribution in [0.2, 0.25) is 0 Å². The van der Waals surface area contributed by atoms with Gasteiger partial charge >= 0.3 is 0 Å².